The lowest BCUT2D eigenvalue weighted by molar-refractivity contribution is -0.133. The lowest BCUT2D eigenvalue weighted by Gasteiger charge is -2.35. The molecule has 0 spiro atoms. The third-order valence-electron chi connectivity index (χ3n) is 4.41. The highest BCUT2D eigenvalue weighted by atomic mass is 32.1. The van der Waals surface area contributed by atoms with Gasteiger partial charge in [-0.05, 0) is 44.8 Å². The fourth-order valence-corrected chi connectivity index (χ4v) is 4.12. The first-order chi connectivity index (χ1) is 13.0. The van der Waals surface area contributed by atoms with Gasteiger partial charge >= 0.3 is 6.09 Å². The maximum Gasteiger partial charge on any atom is 0.410 e. The maximum atomic E-state index is 12.6. The van der Waals surface area contributed by atoms with Crippen LogP contribution in [0.4, 0.5) is 4.79 Å². The van der Waals surface area contributed by atoms with E-state index >= 15 is 0 Å². The van der Waals surface area contributed by atoms with Crippen LogP contribution in [0.1, 0.15) is 26.3 Å². The number of aryl methyl sites for hydroxylation is 1. The summed E-state index contributed by atoms with van der Waals surface area (Å²) in [4.78, 5) is 55.2. The van der Waals surface area contributed by atoms with Gasteiger partial charge in [-0.3, -0.25) is 18.3 Å². The number of aromatic amines is 1. The number of pyridine rings is 1. The highest BCUT2D eigenvalue weighted by Gasteiger charge is 2.28. The molecule has 0 bridgehead atoms. The zero-order chi connectivity index (χ0) is 20.6. The van der Waals surface area contributed by atoms with E-state index in [0.29, 0.717) is 42.0 Å². The quantitative estimate of drug-likeness (QED) is 0.802. The van der Waals surface area contributed by atoms with E-state index in [2.05, 4.69) is 4.98 Å². The molecule has 1 fully saturated rings. The topological polar surface area (TPSA) is 105 Å². The highest BCUT2D eigenvalue weighted by molar-refractivity contribution is 7.13. The van der Waals surface area contributed by atoms with E-state index in [0.717, 1.165) is 11.5 Å². The van der Waals surface area contributed by atoms with Gasteiger partial charge in [0.2, 0.25) is 11.5 Å². The predicted molar refractivity (Wildman–Crippen MR) is 106 cm³/mol. The monoisotopic (exact) mass is 408 g/mol. The van der Waals surface area contributed by atoms with Gasteiger partial charge in [0.1, 0.15) is 17.0 Å². The van der Waals surface area contributed by atoms with Crippen LogP contribution < -0.4 is 11.1 Å². The number of nitrogens with zero attached hydrogens (tertiary/aromatic N) is 3. The molecule has 0 radical (unpaired) electrons. The molecule has 1 aliphatic heterocycles. The van der Waals surface area contributed by atoms with Crippen LogP contribution in [0.5, 0.6) is 0 Å². The van der Waals surface area contributed by atoms with E-state index in [1.165, 1.54) is 10.0 Å². The minimum atomic E-state index is -0.564. The van der Waals surface area contributed by atoms with Crippen molar-refractivity contribution in [1.29, 1.82) is 0 Å². The molecule has 1 aliphatic rings. The van der Waals surface area contributed by atoms with Crippen molar-refractivity contribution in [2.45, 2.75) is 39.8 Å². The number of ether oxygens (including phenoxy) is 1. The molecule has 3 heterocycles. The molecular formula is C18H24N4O5S. The molecule has 9 nitrogen and oxygen atoms in total. The first kappa shape index (κ1) is 20.1. The Bertz CT molecular complexity index is 1020. The Hall–Kier alpha value is -2.62. The van der Waals surface area contributed by atoms with Gasteiger partial charge in [0.15, 0.2) is 0 Å². The minimum Gasteiger partial charge on any atom is -0.444 e. The number of aromatic nitrogens is 2. The third-order valence-corrected chi connectivity index (χ3v) is 5.41. The van der Waals surface area contributed by atoms with E-state index in [1.54, 1.807) is 16.7 Å². The van der Waals surface area contributed by atoms with Crippen molar-refractivity contribution < 1.29 is 14.3 Å². The summed E-state index contributed by atoms with van der Waals surface area (Å²) in [6, 6.07) is 1.37. The average molecular weight is 408 g/mol. The number of hydrogen-bond acceptors (Lipinski definition) is 6. The highest BCUT2D eigenvalue weighted by Crippen LogP contribution is 2.16. The molecule has 152 valence electrons. The molecule has 0 atom stereocenters. The summed E-state index contributed by atoms with van der Waals surface area (Å²) in [5.74, 6) is -0.197. The number of hydrogen-bond donors (Lipinski definition) is 1. The number of nitrogens with one attached hydrogen (secondary N) is 1. The Morgan fingerprint density at radius 1 is 1.14 bits per heavy atom. The average Bonchev–Trinajstić information content (AvgIpc) is 2.89. The normalized spacial score (nSPS) is 15.1. The van der Waals surface area contributed by atoms with E-state index in [4.69, 9.17) is 4.74 Å². The van der Waals surface area contributed by atoms with Crippen molar-refractivity contribution in [1.82, 2.24) is 18.7 Å². The van der Waals surface area contributed by atoms with E-state index in [1.807, 2.05) is 20.8 Å². The molecule has 2 amide bonds. The summed E-state index contributed by atoms with van der Waals surface area (Å²) in [5.41, 5.74) is -0.527. The van der Waals surface area contributed by atoms with Gasteiger partial charge in [0.05, 0.1) is 5.39 Å². The first-order valence-corrected chi connectivity index (χ1v) is 9.82. The summed E-state index contributed by atoms with van der Waals surface area (Å²) in [5, 5.41) is 0.437. The zero-order valence-corrected chi connectivity index (χ0v) is 17.2. The number of carbonyl (C=O) groups is 2. The fourth-order valence-electron chi connectivity index (χ4n) is 3.06. The van der Waals surface area contributed by atoms with Crippen molar-refractivity contribution in [3.63, 3.8) is 0 Å². The van der Waals surface area contributed by atoms with Crippen LogP contribution in [-0.4, -0.2) is 62.5 Å². The van der Waals surface area contributed by atoms with Crippen molar-refractivity contribution in [2.24, 2.45) is 0 Å². The molecule has 2 aromatic heterocycles. The summed E-state index contributed by atoms with van der Waals surface area (Å²) < 4.78 is 6.71. The van der Waals surface area contributed by atoms with Gasteiger partial charge in [-0.2, -0.15) is 0 Å². The van der Waals surface area contributed by atoms with Crippen LogP contribution in [0.25, 0.3) is 10.2 Å². The zero-order valence-electron chi connectivity index (χ0n) is 16.4. The van der Waals surface area contributed by atoms with Crippen LogP contribution in [-0.2, 0) is 16.1 Å². The second-order valence-corrected chi connectivity index (χ2v) is 8.83. The Balaban J connectivity index is 1.65. The van der Waals surface area contributed by atoms with Crippen molar-refractivity contribution in [3.8, 4) is 0 Å². The van der Waals surface area contributed by atoms with Crippen LogP contribution in [0.15, 0.2) is 15.7 Å². The van der Waals surface area contributed by atoms with E-state index in [-0.39, 0.29) is 29.7 Å². The molecule has 0 unspecified atom stereocenters. The number of piperazine rings is 1. The molecule has 3 rings (SSSR count). The van der Waals surface area contributed by atoms with Gasteiger partial charge in [-0.1, -0.05) is 0 Å². The van der Waals surface area contributed by atoms with E-state index < -0.39 is 5.60 Å². The summed E-state index contributed by atoms with van der Waals surface area (Å²) in [6.07, 6.45) is -0.389. The Morgan fingerprint density at radius 3 is 2.36 bits per heavy atom. The Labute approximate surface area is 165 Å². The number of rotatable bonds is 2. The third kappa shape index (κ3) is 4.27. The van der Waals surface area contributed by atoms with E-state index in [9.17, 15) is 19.2 Å². The second-order valence-electron chi connectivity index (χ2n) is 7.80. The van der Waals surface area contributed by atoms with Crippen LogP contribution >= 0.6 is 11.5 Å². The number of fused-ring (bicyclic) bond motifs is 1. The molecule has 1 saturated heterocycles. The van der Waals surface area contributed by atoms with Crippen molar-refractivity contribution in [2.75, 3.05) is 26.2 Å². The van der Waals surface area contributed by atoms with Gasteiger partial charge < -0.3 is 19.5 Å². The minimum absolute atomic E-state index is 0.0912. The summed E-state index contributed by atoms with van der Waals surface area (Å²) in [7, 11) is 0. The maximum absolute atomic E-state index is 12.6. The summed E-state index contributed by atoms with van der Waals surface area (Å²) in [6.45, 7) is 8.57. The smallest absolute Gasteiger partial charge is 0.410 e. The molecule has 28 heavy (non-hydrogen) atoms. The molecule has 0 aliphatic carbocycles. The first-order valence-electron chi connectivity index (χ1n) is 9.04. The summed E-state index contributed by atoms with van der Waals surface area (Å²) >= 11 is 1.07. The second kappa shape index (κ2) is 7.42. The van der Waals surface area contributed by atoms with Gasteiger partial charge in [-0.15, -0.1) is 0 Å². The van der Waals surface area contributed by atoms with Crippen molar-refractivity contribution >= 4 is 33.7 Å². The van der Waals surface area contributed by atoms with Gasteiger partial charge in [0.25, 0.3) is 5.56 Å². The number of H-pyrrole nitrogens is 1. The molecule has 1 N–H and O–H groups in total. The van der Waals surface area contributed by atoms with Gasteiger partial charge in [0, 0.05) is 32.2 Å². The molecule has 2 aromatic rings. The molecule has 0 saturated carbocycles. The van der Waals surface area contributed by atoms with Crippen molar-refractivity contribution in [3.05, 3.63) is 32.3 Å². The molecule has 0 aromatic carbocycles. The Morgan fingerprint density at radius 2 is 1.75 bits per heavy atom. The van der Waals surface area contributed by atoms with Crippen LogP contribution in [0.3, 0.4) is 0 Å². The largest absolute Gasteiger partial charge is 0.444 e. The van der Waals surface area contributed by atoms with Crippen LogP contribution in [0, 0.1) is 6.92 Å². The lowest BCUT2D eigenvalue weighted by Crippen LogP contribution is -2.52. The Kier molecular flexibility index (Phi) is 5.33. The molecular weight excluding hydrogens is 384 g/mol. The lowest BCUT2D eigenvalue weighted by atomic mass is 10.2. The standard InChI is InChI=1S/C18H24N4O5S/c1-11-9-12(23)19-15-14(11)16(25)22(28-15)10-13(24)20-5-7-21(8-6-20)17(26)27-18(2,3)4/h9H,5-8,10H2,1-4H3,(H,19,23). The van der Waals surface area contributed by atoms with Crippen LogP contribution in [0.2, 0.25) is 0 Å². The number of amides is 2. The predicted octanol–water partition coefficient (Wildman–Crippen LogP) is 1.14. The molecule has 10 heteroatoms. The number of carbonyl (C=O) groups excluding carboxylic acids is 2. The van der Waals surface area contributed by atoms with Gasteiger partial charge in [-0.25, -0.2) is 4.79 Å². The SMILES string of the molecule is Cc1cc(=O)[nH]c2sn(CC(=O)N3CCN(C(=O)OC(C)(C)C)CC3)c(=O)c12. The fraction of sp³-hybridized carbons (Fsp3) is 0.556.